The van der Waals surface area contributed by atoms with Gasteiger partial charge in [0.15, 0.2) is 0 Å². The van der Waals surface area contributed by atoms with Crippen LogP contribution in [-0.2, 0) is 0 Å². The summed E-state index contributed by atoms with van der Waals surface area (Å²) in [4.78, 5) is 4.79. The Hall–Kier alpha value is -1.70. The highest BCUT2D eigenvalue weighted by Gasteiger charge is 2.16. The van der Waals surface area contributed by atoms with Crippen LogP contribution < -0.4 is 0 Å². The predicted molar refractivity (Wildman–Crippen MR) is 86.1 cm³/mol. The molecule has 0 atom stereocenters. The van der Waals surface area contributed by atoms with Crippen LogP contribution in [-0.4, -0.2) is 36.0 Å². The van der Waals surface area contributed by atoms with E-state index < -0.39 is 0 Å². The van der Waals surface area contributed by atoms with Gasteiger partial charge in [0.25, 0.3) is 0 Å². The van der Waals surface area contributed by atoms with Crippen molar-refractivity contribution < 1.29 is 0 Å². The Morgan fingerprint density at radius 3 is 1.25 bits per heavy atom. The normalized spacial score (nSPS) is 18.6. The van der Waals surface area contributed by atoms with E-state index in [2.05, 4.69) is 47.2 Å². The van der Waals surface area contributed by atoms with E-state index in [4.69, 9.17) is 0 Å². The van der Waals surface area contributed by atoms with Gasteiger partial charge in [-0.15, -0.1) is 0 Å². The zero-order chi connectivity index (χ0) is 13.9. The van der Waals surface area contributed by atoms with Crippen LogP contribution in [0, 0.1) is 0 Å². The molecule has 2 aliphatic heterocycles. The highest BCUT2D eigenvalue weighted by molar-refractivity contribution is 5.67. The van der Waals surface area contributed by atoms with Gasteiger partial charge in [0, 0.05) is 37.6 Å². The average Bonchev–Trinajstić information content (AvgIpc) is 3.18. The minimum absolute atomic E-state index is 1.15. The summed E-state index contributed by atoms with van der Waals surface area (Å²) in [6.45, 7) is 13.1. The van der Waals surface area contributed by atoms with Crippen LogP contribution in [0.4, 0.5) is 0 Å². The monoisotopic (exact) mass is 268 g/mol. The summed E-state index contributed by atoms with van der Waals surface area (Å²) in [5.74, 6) is 0. The van der Waals surface area contributed by atoms with Crippen LogP contribution in [0.25, 0.3) is 11.4 Å². The van der Waals surface area contributed by atoms with E-state index in [1.165, 1.54) is 48.2 Å². The van der Waals surface area contributed by atoms with E-state index in [1.807, 2.05) is 0 Å². The topological polar surface area (TPSA) is 6.48 Å². The average molecular weight is 268 g/mol. The molecule has 0 aliphatic carbocycles. The van der Waals surface area contributed by atoms with Gasteiger partial charge in [-0.3, -0.25) is 0 Å². The molecule has 0 aromatic heterocycles. The van der Waals surface area contributed by atoms with Crippen LogP contribution in [0.2, 0.25) is 0 Å². The van der Waals surface area contributed by atoms with E-state index in [0.29, 0.717) is 0 Å². The maximum atomic E-state index is 4.25. The van der Waals surface area contributed by atoms with Crippen LogP contribution in [0.3, 0.4) is 0 Å². The fraction of sp³-hybridized carbons (Fsp3) is 0.444. The highest BCUT2D eigenvalue weighted by Crippen LogP contribution is 2.26. The quantitative estimate of drug-likeness (QED) is 0.819. The lowest BCUT2D eigenvalue weighted by atomic mass is 10.1. The molecular formula is C18H24N2. The van der Waals surface area contributed by atoms with E-state index >= 15 is 0 Å². The maximum Gasteiger partial charge on any atom is 0.0366 e. The first-order valence-electron chi connectivity index (χ1n) is 7.74. The number of likely N-dealkylation sites (tertiary alicyclic amines) is 2. The smallest absolute Gasteiger partial charge is 0.0366 e. The molecule has 0 N–H and O–H groups in total. The minimum Gasteiger partial charge on any atom is -0.372 e. The van der Waals surface area contributed by atoms with Crippen molar-refractivity contribution in [3.8, 4) is 0 Å². The maximum absolute atomic E-state index is 4.25. The van der Waals surface area contributed by atoms with Gasteiger partial charge in [0.1, 0.15) is 0 Å². The fourth-order valence-corrected chi connectivity index (χ4v) is 3.19. The Balaban J connectivity index is 1.70. The molecule has 3 rings (SSSR count). The molecule has 1 aromatic carbocycles. The lowest BCUT2D eigenvalue weighted by Crippen LogP contribution is -2.17. The predicted octanol–water partition coefficient (Wildman–Crippen LogP) is 3.82. The Morgan fingerprint density at radius 1 is 0.650 bits per heavy atom. The summed E-state index contributed by atoms with van der Waals surface area (Å²) in [7, 11) is 0. The van der Waals surface area contributed by atoms with Gasteiger partial charge in [-0.25, -0.2) is 0 Å². The first-order chi connectivity index (χ1) is 9.75. The largest absolute Gasteiger partial charge is 0.372 e. The summed E-state index contributed by atoms with van der Waals surface area (Å²) < 4.78 is 0. The summed E-state index contributed by atoms with van der Waals surface area (Å²) in [5.41, 5.74) is 4.82. The third kappa shape index (κ3) is 2.60. The van der Waals surface area contributed by atoms with Gasteiger partial charge in [-0.2, -0.15) is 0 Å². The first-order valence-corrected chi connectivity index (χ1v) is 7.74. The SMILES string of the molecule is C=C(c1ccc(C(=C)N2CCCC2)cc1)N1CCCC1. The van der Waals surface area contributed by atoms with Crippen molar-refractivity contribution in [1.29, 1.82) is 0 Å². The molecule has 0 amide bonds. The van der Waals surface area contributed by atoms with Crippen LogP contribution >= 0.6 is 0 Å². The molecule has 0 spiro atoms. The zero-order valence-electron chi connectivity index (χ0n) is 12.3. The molecule has 106 valence electrons. The summed E-state index contributed by atoms with van der Waals surface area (Å²) in [6.07, 6.45) is 5.18. The lowest BCUT2D eigenvalue weighted by Gasteiger charge is -2.22. The van der Waals surface area contributed by atoms with E-state index in [-0.39, 0.29) is 0 Å². The second-order valence-corrected chi connectivity index (χ2v) is 5.86. The van der Waals surface area contributed by atoms with Crippen LogP contribution in [0.15, 0.2) is 37.4 Å². The molecule has 2 heterocycles. The van der Waals surface area contributed by atoms with Gasteiger partial charge in [0.05, 0.1) is 0 Å². The standard InChI is InChI=1S/C18H24N2/c1-15(19-11-3-4-12-19)17-7-9-18(10-8-17)16(2)20-13-5-6-14-20/h7-10H,1-6,11-14H2. The Labute approximate surface area is 122 Å². The third-order valence-electron chi connectivity index (χ3n) is 4.53. The second-order valence-electron chi connectivity index (χ2n) is 5.86. The molecule has 0 unspecified atom stereocenters. The van der Waals surface area contributed by atoms with Crippen molar-refractivity contribution >= 4 is 11.4 Å². The molecule has 0 saturated carbocycles. The lowest BCUT2D eigenvalue weighted by molar-refractivity contribution is 0.493. The number of hydrogen-bond acceptors (Lipinski definition) is 2. The Kier molecular flexibility index (Phi) is 3.81. The summed E-state index contributed by atoms with van der Waals surface area (Å²) in [6, 6.07) is 8.77. The van der Waals surface area contributed by atoms with Gasteiger partial charge < -0.3 is 9.80 Å². The van der Waals surface area contributed by atoms with Crippen molar-refractivity contribution in [3.05, 3.63) is 48.6 Å². The van der Waals surface area contributed by atoms with Gasteiger partial charge in [0.2, 0.25) is 0 Å². The van der Waals surface area contributed by atoms with Crippen molar-refractivity contribution in [2.45, 2.75) is 25.7 Å². The van der Waals surface area contributed by atoms with Crippen molar-refractivity contribution in [2.75, 3.05) is 26.2 Å². The third-order valence-corrected chi connectivity index (χ3v) is 4.53. The molecule has 1 aromatic rings. The van der Waals surface area contributed by atoms with Gasteiger partial charge >= 0.3 is 0 Å². The second kappa shape index (κ2) is 5.74. The van der Waals surface area contributed by atoms with Crippen molar-refractivity contribution in [2.24, 2.45) is 0 Å². The number of rotatable bonds is 4. The molecule has 2 aliphatic rings. The molecule has 2 heteroatoms. The van der Waals surface area contributed by atoms with Gasteiger partial charge in [-0.05, 0) is 36.8 Å². The molecule has 0 bridgehead atoms. The molecule has 2 fully saturated rings. The van der Waals surface area contributed by atoms with E-state index in [9.17, 15) is 0 Å². The zero-order valence-corrected chi connectivity index (χ0v) is 12.3. The van der Waals surface area contributed by atoms with Crippen LogP contribution in [0.5, 0.6) is 0 Å². The number of hydrogen-bond donors (Lipinski definition) is 0. The number of nitrogens with zero attached hydrogens (tertiary/aromatic N) is 2. The number of benzene rings is 1. The van der Waals surface area contributed by atoms with Crippen molar-refractivity contribution in [1.82, 2.24) is 9.80 Å². The molecule has 2 saturated heterocycles. The van der Waals surface area contributed by atoms with Gasteiger partial charge in [-0.1, -0.05) is 37.4 Å². The summed E-state index contributed by atoms with van der Waals surface area (Å²) in [5, 5.41) is 0. The van der Waals surface area contributed by atoms with Crippen LogP contribution in [0.1, 0.15) is 36.8 Å². The fourth-order valence-electron chi connectivity index (χ4n) is 3.19. The summed E-state index contributed by atoms with van der Waals surface area (Å²) >= 11 is 0. The Bertz CT molecular complexity index is 442. The highest BCUT2D eigenvalue weighted by atomic mass is 15.2. The molecular weight excluding hydrogens is 244 g/mol. The minimum atomic E-state index is 1.15. The van der Waals surface area contributed by atoms with E-state index in [0.717, 1.165) is 26.2 Å². The molecule has 20 heavy (non-hydrogen) atoms. The Morgan fingerprint density at radius 2 is 0.950 bits per heavy atom. The molecule has 0 radical (unpaired) electrons. The molecule has 2 nitrogen and oxygen atoms in total. The first kappa shape index (κ1) is 13.3. The van der Waals surface area contributed by atoms with E-state index in [1.54, 1.807) is 0 Å². The van der Waals surface area contributed by atoms with Crippen molar-refractivity contribution in [3.63, 3.8) is 0 Å².